The lowest BCUT2D eigenvalue weighted by Crippen LogP contribution is -2.13. The van der Waals surface area contributed by atoms with Gasteiger partial charge in [-0.15, -0.1) is 0 Å². The second-order valence-electron chi connectivity index (χ2n) is 4.69. The Morgan fingerprint density at radius 3 is 2.64 bits per heavy atom. The van der Waals surface area contributed by atoms with Crippen molar-refractivity contribution in [3.05, 3.63) is 73.3 Å². The van der Waals surface area contributed by atoms with Gasteiger partial charge in [-0.3, -0.25) is 14.9 Å². The van der Waals surface area contributed by atoms with Gasteiger partial charge in [0, 0.05) is 22.1 Å². The maximum absolute atomic E-state index is 12.3. The maximum Gasteiger partial charge on any atom is 0.269 e. The molecule has 0 saturated carbocycles. The van der Waals surface area contributed by atoms with Crippen LogP contribution in [-0.2, 0) is 11.2 Å². The van der Waals surface area contributed by atoms with Crippen LogP contribution in [0, 0.1) is 25.0 Å². The first-order valence-electron chi connectivity index (χ1n) is 6.42. The fourth-order valence-electron chi connectivity index (χ4n) is 2.10. The van der Waals surface area contributed by atoms with Crippen molar-refractivity contribution in [1.29, 1.82) is 5.26 Å². The minimum atomic E-state index is -0.867. The molecule has 0 aliphatic heterocycles. The minimum Gasteiger partial charge on any atom is -0.297 e. The molecular formula is C16H11IN2O3. The molecule has 0 amide bonds. The summed E-state index contributed by atoms with van der Waals surface area (Å²) in [5, 5.41) is 20.0. The van der Waals surface area contributed by atoms with Gasteiger partial charge in [0.05, 0.1) is 11.0 Å². The second kappa shape index (κ2) is 7.13. The molecule has 1 atom stereocenters. The SMILES string of the molecule is N#CC(C(=O)Cc1cccc([N+](=O)[O-])c1)c1cccc(I)c1. The summed E-state index contributed by atoms with van der Waals surface area (Å²) in [6.45, 7) is 0. The Labute approximate surface area is 140 Å². The smallest absolute Gasteiger partial charge is 0.269 e. The molecule has 2 aromatic carbocycles. The van der Waals surface area contributed by atoms with Gasteiger partial charge in [-0.2, -0.15) is 5.26 Å². The number of ketones is 1. The summed E-state index contributed by atoms with van der Waals surface area (Å²) >= 11 is 2.12. The topological polar surface area (TPSA) is 84.0 Å². The zero-order chi connectivity index (χ0) is 16.1. The monoisotopic (exact) mass is 406 g/mol. The molecule has 1 unspecified atom stereocenters. The van der Waals surface area contributed by atoms with E-state index in [1.54, 1.807) is 24.3 Å². The van der Waals surface area contributed by atoms with Crippen LogP contribution in [0.1, 0.15) is 17.0 Å². The third kappa shape index (κ3) is 3.89. The standard InChI is InChI=1S/C16H11IN2O3/c17-13-5-2-4-12(9-13)15(10-18)16(20)8-11-3-1-6-14(7-11)19(21)22/h1-7,9,15H,8H2. The summed E-state index contributed by atoms with van der Waals surface area (Å²) in [5.74, 6) is -1.14. The predicted octanol–water partition coefficient (Wildman–Crippen LogP) is 3.62. The Bertz CT molecular complexity index is 768. The van der Waals surface area contributed by atoms with E-state index in [2.05, 4.69) is 22.6 Å². The number of rotatable bonds is 5. The number of nitro groups is 1. The zero-order valence-corrected chi connectivity index (χ0v) is 13.6. The number of carbonyl (C=O) groups is 1. The molecule has 2 rings (SSSR count). The maximum atomic E-state index is 12.3. The summed E-state index contributed by atoms with van der Waals surface area (Å²) < 4.78 is 0.943. The van der Waals surface area contributed by atoms with E-state index in [1.807, 2.05) is 12.1 Å². The Morgan fingerprint density at radius 2 is 2.00 bits per heavy atom. The van der Waals surface area contributed by atoms with E-state index in [-0.39, 0.29) is 17.9 Å². The van der Waals surface area contributed by atoms with Crippen LogP contribution in [0.3, 0.4) is 0 Å². The highest BCUT2D eigenvalue weighted by molar-refractivity contribution is 14.1. The average Bonchev–Trinajstić information content (AvgIpc) is 2.48. The number of Topliss-reactive ketones (excluding diaryl/α,β-unsaturated/α-hetero) is 1. The van der Waals surface area contributed by atoms with E-state index in [0.717, 1.165) is 3.57 Å². The van der Waals surface area contributed by atoms with E-state index >= 15 is 0 Å². The summed E-state index contributed by atoms with van der Waals surface area (Å²) in [4.78, 5) is 22.6. The van der Waals surface area contributed by atoms with E-state index in [4.69, 9.17) is 0 Å². The predicted molar refractivity (Wildman–Crippen MR) is 89.3 cm³/mol. The van der Waals surface area contributed by atoms with Crippen molar-refractivity contribution in [3.8, 4) is 6.07 Å². The number of non-ortho nitro benzene ring substituents is 1. The summed E-state index contributed by atoms with van der Waals surface area (Å²) in [7, 11) is 0. The lowest BCUT2D eigenvalue weighted by atomic mass is 9.92. The molecule has 0 bridgehead atoms. The third-order valence-electron chi connectivity index (χ3n) is 3.13. The Hall–Kier alpha value is -2.27. The number of hydrogen-bond acceptors (Lipinski definition) is 4. The first kappa shape index (κ1) is 16.1. The van der Waals surface area contributed by atoms with Crippen LogP contribution >= 0.6 is 22.6 Å². The molecular weight excluding hydrogens is 395 g/mol. The molecule has 0 aliphatic rings. The van der Waals surface area contributed by atoms with Gasteiger partial charge in [-0.05, 0) is 45.9 Å². The average molecular weight is 406 g/mol. The first-order valence-corrected chi connectivity index (χ1v) is 7.50. The highest BCUT2D eigenvalue weighted by atomic mass is 127. The van der Waals surface area contributed by atoms with Crippen LogP contribution in [0.4, 0.5) is 5.69 Å². The Kier molecular flexibility index (Phi) is 5.22. The van der Waals surface area contributed by atoms with Gasteiger partial charge in [0.2, 0.25) is 0 Å². The van der Waals surface area contributed by atoms with E-state index in [0.29, 0.717) is 11.1 Å². The summed E-state index contributed by atoms with van der Waals surface area (Å²) in [5.41, 5.74) is 1.11. The fourth-order valence-corrected chi connectivity index (χ4v) is 2.67. The van der Waals surface area contributed by atoms with Gasteiger partial charge < -0.3 is 0 Å². The molecule has 0 N–H and O–H groups in total. The van der Waals surface area contributed by atoms with Crippen LogP contribution in [0.5, 0.6) is 0 Å². The lowest BCUT2D eigenvalue weighted by molar-refractivity contribution is -0.384. The quantitative estimate of drug-likeness (QED) is 0.432. The summed E-state index contributed by atoms with van der Waals surface area (Å²) in [6.07, 6.45) is -0.00855. The molecule has 0 radical (unpaired) electrons. The molecule has 5 nitrogen and oxygen atoms in total. The van der Waals surface area contributed by atoms with Crippen molar-refractivity contribution in [2.24, 2.45) is 0 Å². The first-order chi connectivity index (χ1) is 10.5. The Balaban J connectivity index is 2.22. The number of hydrogen-bond donors (Lipinski definition) is 0. The van der Waals surface area contributed by atoms with Gasteiger partial charge in [0.25, 0.3) is 5.69 Å². The van der Waals surface area contributed by atoms with Gasteiger partial charge in [-0.1, -0.05) is 24.3 Å². The fraction of sp³-hybridized carbons (Fsp3) is 0.125. The molecule has 6 heteroatoms. The summed E-state index contributed by atoms with van der Waals surface area (Å²) in [6, 6.07) is 15.1. The van der Waals surface area contributed by atoms with Gasteiger partial charge in [0.1, 0.15) is 5.92 Å². The van der Waals surface area contributed by atoms with Crippen molar-refractivity contribution in [1.82, 2.24) is 0 Å². The van der Waals surface area contributed by atoms with Crippen LogP contribution in [-0.4, -0.2) is 10.7 Å². The van der Waals surface area contributed by atoms with Gasteiger partial charge in [-0.25, -0.2) is 0 Å². The molecule has 0 fully saturated rings. The number of nitriles is 1. The van der Waals surface area contributed by atoms with Crippen LogP contribution in [0.2, 0.25) is 0 Å². The highest BCUT2D eigenvalue weighted by Crippen LogP contribution is 2.21. The largest absolute Gasteiger partial charge is 0.297 e. The van der Waals surface area contributed by atoms with Crippen molar-refractivity contribution in [3.63, 3.8) is 0 Å². The van der Waals surface area contributed by atoms with E-state index in [9.17, 15) is 20.2 Å². The number of halogens is 1. The number of nitro benzene ring substituents is 1. The van der Waals surface area contributed by atoms with Crippen molar-refractivity contribution in [2.75, 3.05) is 0 Å². The van der Waals surface area contributed by atoms with Crippen LogP contribution < -0.4 is 0 Å². The number of benzene rings is 2. The molecule has 0 saturated heterocycles. The van der Waals surface area contributed by atoms with Crippen LogP contribution in [0.15, 0.2) is 48.5 Å². The minimum absolute atomic E-state index is 0.00855. The molecule has 0 spiro atoms. The van der Waals surface area contributed by atoms with Gasteiger partial charge in [0.15, 0.2) is 5.78 Å². The third-order valence-corrected chi connectivity index (χ3v) is 3.80. The molecule has 110 valence electrons. The number of nitrogens with zero attached hydrogens (tertiary/aromatic N) is 2. The highest BCUT2D eigenvalue weighted by Gasteiger charge is 2.21. The molecule has 0 aromatic heterocycles. The molecule has 2 aromatic rings. The van der Waals surface area contributed by atoms with E-state index < -0.39 is 10.8 Å². The van der Waals surface area contributed by atoms with Crippen molar-refractivity contribution in [2.45, 2.75) is 12.3 Å². The Morgan fingerprint density at radius 1 is 1.27 bits per heavy atom. The van der Waals surface area contributed by atoms with Crippen LogP contribution in [0.25, 0.3) is 0 Å². The molecule has 0 aliphatic carbocycles. The van der Waals surface area contributed by atoms with E-state index in [1.165, 1.54) is 18.2 Å². The lowest BCUT2D eigenvalue weighted by Gasteiger charge is -2.09. The molecule has 0 heterocycles. The molecule has 22 heavy (non-hydrogen) atoms. The number of carbonyl (C=O) groups excluding carboxylic acids is 1. The van der Waals surface area contributed by atoms with Crippen molar-refractivity contribution < 1.29 is 9.72 Å². The normalized spacial score (nSPS) is 11.5. The second-order valence-corrected chi connectivity index (χ2v) is 5.93. The van der Waals surface area contributed by atoms with Crippen molar-refractivity contribution >= 4 is 34.1 Å². The zero-order valence-electron chi connectivity index (χ0n) is 11.4. The van der Waals surface area contributed by atoms with Gasteiger partial charge >= 0.3 is 0 Å².